The number of benzene rings is 1. The van der Waals surface area contributed by atoms with E-state index in [0.717, 1.165) is 25.0 Å². The van der Waals surface area contributed by atoms with Gasteiger partial charge in [0.1, 0.15) is 24.9 Å². The zero-order valence-electron chi connectivity index (χ0n) is 19.8. The van der Waals surface area contributed by atoms with E-state index in [2.05, 4.69) is 15.3 Å². The molecule has 2 aromatic rings. The number of amides is 1. The van der Waals surface area contributed by atoms with E-state index in [0.29, 0.717) is 38.4 Å². The Morgan fingerprint density at radius 1 is 1.17 bits per heavy atom. The highest BCUT2D eigenvalue weighted by Crippen LogP contribution is 2.28. The maximum atomic E-state index is 14.6. The lowest BCUT2D eigenvalue weighted by atomic mass is 10.1. The molecule has 11 heteroatoms. The molecule has 1 unspecified atom stereocenters. The number of rotatable bonds is 8. The predicted molar refractivity (Wildman–Crippen MR) is 123 cm³/mol. The number of aromatic nitrogens is 2. The van der Waals surface area contributed by atoms with Gasteiger partial charge in [-0.3, -0.25) is 0 Å². The quantitative estimate of drug-likeness (QED) is 0.578. The second-order valence-electron chi connectivity index (χ2n) is 8.81. The number of carbonyl (C=O) groups is 1. The standard InChI is InChI=1S/C24H30F2N4O5/c1-15(2)34-24(31)30-7-5-16(6-8-30)35-23-12-22(27-14-28-23)29-20-10-19(26)21(11-18(20)25)33-13-17-4-3-9-32-17/h10-12,14-17H,3-9,13H2,1-2H3,(H,27,28,29). The Morgan fingerprint density at radius 2 is 1.97 bits per heavy atom. The number of hydrogen-bond donors (Lipinski definition) is 1. The highest BCUT2D eigenvalue weighted by Gasteiger charge is 2.26. The summed E-state index contributed by atoms with van der Waals surface area (Å²) < 4.78 is 51.1. The number of carbonyl (C=O) groups excluding carboxylic acids is 1. The summed E-state index contributed by atoms with van der Waals surface area (Å²) in [6.45, 7) is 5.47. The van der Waals surface area contributed by atoms with Crippen molar-refractivity contribution in [2.24, 2.45) is 0 Å². The van der Waals surface area contributed by atoms with E-state index in [1.807, 2.05) is 13.8 Å². The minimum Gasteiger partial charge on any atom is -0.488 e. The molecule has 3 heterocycles. The number of piperidine rings is 1. The molecular weight excluding hydrogens is 462 g/mol. The molecule has 0 spiro atoms. The van der Waals surface area contributed by atoms with Gasteiger partial charge in [0.05, 0.1) is 17.9 Å². The van der Waals surface area contributed by atoms with Gasteiger partial charge in [-0.25, -0.2) is 23.5 Å². The van der Waals surface area contributed by atoms with Gasteiger partial charge < -0.3 is 29.2 Å². The predicted octanol–water partition coefficient (Wildman–Crippen LogP) is 4.44. The van der Waals surface area contributed by atoms with Crippen LogP contribution in [-0.4, -0.2) is 65.6 Å². The lowest BCUT2D eigenvalue weighted by molar-refractivity contribution is 0.0507. The summed E-state index contributed by atoms with van der Waals surface area (Å²) in [6.07, 6.45) is 3.55. The van der Waals surface area contributed by atoms with E-state index in [9.17, 15) is 13.6 Å². The smallest absolute Gasteiger partial charge is 0.410 e. The van der Waals surface area contributed by atoms with Crippen LogP contribution in [0.2, 0.25) is 0 Å². The molecule has 2 saturated heterocycles. The molecule has 0 saturated carbocycles. The third-order valence-electron chi connectivity index (χ3n) is 5.70. The summed E-state index contributed by atoms with van der Waals surface area (Å²) in [7, 11) is 0. The van der Waals surface area contributed by atoms with Crippen LogP contribution in [-0.2, 0) is 9.47 Å². The Balaban J connectivity index is 1.32. The molecule has 2 aliphatic rings. The Hall–Kier alpha value is -3.21. The molecule has 2 fully saturated rings. The molecule has 1 N–H and O–H groups in total. The van der Waals surface area contributed by atoms with Gasteiger partial charge in [-0.05, 0) is 26.7 Å². The van der Waals surface area contributed by atoms with E-state index in [1.54, 1.807) is 4.90 Å². The van der Waals surface area contributed by atoms with Crippen LogP contribution in [0.1, 0.15) is 39.5 Å². The van der Waals surface area contributed by atoms with Crippen molar-refractivity contribution in [1.82, 2.24) is 14.9 Å². The lowest BCUT2D eigenvalue weighted by Gasteiger charge is -2.31. The second kappa shape index (κ2) is 11.5. The SMILES string of the molecule is CC(C)OC(=O)N1CCC(Oc2cc(Nc3cc(F)c(OCC4CCCO4)cc3F)ncn2)CC1. The number of ether oxygens (including phenoxy) is 4. The molecule has 2 aliphatic heterocycles. The van der Waals surface area contributed by atoms with Gasteiger partial charge in [-0.2, -0.15) is 0 Å². The molecule has 1 aromatic heterocycles. The minimum atomic E-state index is -0.694. The Bertz CT molecular complexity index is 1010. The molecule has 1 amide bonds. The lowest BCUT2D eigenvalue weighted by Crippen LogP contribution is -2.42. The average molecular weight is 493 g/mol. The van der Waals surface area contributed by atoms with Gasteiger partial charge in [0.2, 0.25) is 5.88 Å². The van der Waals surface area contributed by atoms with Crippen molar-refractivity contribution in [3.05, 3.63) is 36.2 Å². The fourth-order valence-electron chi connectivity index (χ4n) is 3.91. The van der Waals surface area contributed by atoms with Crippen LogP contribution in [0, 0.1) is 11.6 Å². The van der Waals surface area contributed by atoms with Crippen LogP contribution < -0.4 is 14.8 Å². The van der Waals surface area contributed by atoms with Crippen LogP contribution in [0.25, 0.3) is 0 Å². The monoisotopic (exact) mass is 492 g/mol. The summed E-state index contributed by atoms with van der Waals surface area (Å²) in [5, 5.41) is 2.76. The van der Waals surface area contributed by atoms with Crippen LogP contribution in [0.5, 0.6) is 11.6 Å². The Labute approximate surface area is 202 Å². The van der Waals surface area contributed by atoms with Crippen molar-refractivity contribution in [3.63, 3.8) is 0 Å². The number of likely N-dealkylation sites (tertiary alicyclic amines) is 1. The van der Waals surface area contributed by atoms with Crippen molar-refractivity contribution in [2.45, 2.75) is 57.8 Å². The number of nitrogens with one attached hydrogen (secondary N) is 1. The summed E-state index contributed by atoms with van der Waals surface area (Å²) in [5.41, 5.74) is -0.0893. The Morgan fingerprint density at radius 3 is 2.69 bits per heavy atom. The highest BCUT2D eigenvalue weighted by atomic mass is 19.1. The number of hydrogen-bond acceptors (Lipinski definition) is 8. The maximum absolute atomic E-state index is 14.6. The minimum absolute atomic E-state index is 0.0893. The van der Waals surface area contributed by atoms with Crippen molar-refractivity contribution in [1.29, 1.82) is 0 Å². The topological polar surface area (TPSA) is 95.0 Å². The van der Waals surface area contributed by atoms with Crippen molar-refractivity contribution in [2.75, 3.05) is 31.6 Å². The molecule has 0 aliphatic carbocycles. The van der Waals surface area contributed by atoms with Gasteiger partial charge in [0, 0.05) is 50.7 Å². The van der Waals surface area contributed by atoms with Gasteiger partial charge in [0.25, 0.3) is 0 Å². The van der Waals surface area contributed by atoms with Crippen molar-refractivity contribution < 1.29 is 32.5 Å². The molecule has 0 bridgehead atoms. The van der Waals surface area contributed by atoms with E-state index in [-0.39, 0.29) is 48.3 Å². The van der Waals surface area contributed by atoms with E-state index >= 15 is 0 Å². The summed E-state index contributed by atoms with van der Waals surface area (Å²) >= 11 is 0. The summed E-state index contributed by atoms with van der Waals surface area (Å²) in [4.78, 5) is 21.8. The van der Waals surface area contributed by atoms with Crippen LogP contribution in [0.4, 0.5) is 25.1 Å². The zero-order chi connectivity index (χ0) is 24.8. The molecular formula is C24H30F2N4O5. The average Bonchev–Trinajstić information content (AvgIpc) is 3.34. The van der Waals surface area contributed by atoms with Crippen LogP contribution >= 0.6 is 0 Å². The fraction of sp³-hybridized carbons (Fsp3) is 0.542. The van der Waals surface area contributed by atoms with Gasteiger partial charge >= 0.3 is 6.09 Å². The third-order valence-corrected chi connectivity index (χ3v) is 5.70. The molecule has 35 heavy (non-hydrogen) atoms. The van der Waals surface area contributed by atoms with Crippen LogP contribution in [0.15, 0.2) is 24.5 Å². The second-order valence-corrected chi connectivity index (χ2v) is 8.81. The van der Waals surface area contributed by atoms with E-state index in [1.165, 1.54) is 12.4 Å². The number of halogens is 2. The summed E-state index contributed by atoms with van der Waals surface area (Å²) in [6, 6.07) is 3.54. The first-order valence-corrected chi connectivity index (χ1v) is 11.8. The molecule has 4 rings (SSSR count). The highest BCUT2D eigenvalue weighted by molar-refractivity contribution is 5.67. The van der Waals surface area contributed by atoms with Gasteiger partial charge in [-0.15, -0.1) is 0 Å². The van der Waals surface area contributed by atoms with E-state index in [4.69, 9.17) is 18.9 Å². The first kappa shape index (κ1) is 24.9. The summed E-state index contributed by atoms with van der Waals surface area (Å²) in [5.74, 6) is -1.00. The third kappa shape index (κ3) is 6.91. The normalized spacial score (nSPS) is 18.5. The maximum Gasteiger partial charge on any atom is 0.410 e. The largest absolute Gasteiger partial charge is 0.488 e. The van der Waals surface area contributed by atoms with Crippen LogP contribution in [0.3, 0.4) is 0 Å². The van der Waals surface area contributed by atoms with E-state index < -0.39 is 11.6 Å². The molecule has 9 nitrogen and oxygen atoms in total. The fourth-order valence-corrected chi connectivity index (χ4v) is 3.91. The number of nitrogens with zero attached hydrogens (tertiary/aromatic N) is 3. The molecule has 1 atom stereocenters. The zero-order valence-corrected chi connectivity index (χ0v) is 19.8. The Kier molecular flexibility index (Phi) is 8.17. The first-order chi connectivity index (χ1) is 16.9. The van der Waals surface area contributed by atoms with Gasteiger partial charge in [-0.1, -0.05) is 0 Å². The van der Waals surface area contributed by atoms with Gasteiger partial charge in [0.15, 0.2) is 17.4 Å². The number of anilines is 2. The molecule has 1 aromatic carbocycles. The molecule has 0 radical (unpaired) electrons. The molecule has 190 valence electrons. The van der Waals surface area contributed by atoms with Crippen molar-refractivity contribution >= 4 is 17.6 Å². The first-order valence-electron chi connectivity index (χ1n) is 11.8. The van der Waals surface area contributed by atoms with Crippen molar-refractivity contribution in [3.8, 4) is 11.6 Å².